The number of nitrogens with zero attached hydrogens (tertiary/aromatic N) is 1. The van der Waals surface area contributed by atoms with Gasteiger partial charge in [0.2, 0.25) is 0 Å². The first-order valence-corrected chi connectivity index (χ1v) is 3.65. The highest BCUT2D eigenvalue weighted by Crippen LogP contribution is 1.85. The van der Waals surface area contributed by atoms with Crippen LogP contribution in [0.2, 0.25) is 0 Å². The van der Waals surface area contributed by atoms with Gasteiger partial charge in [-0.05, 0) is 13.5 Å². The van der Waals surface area contributed by atoms with Crippen molar-refractivity contribution in [2.24, 2.45) is 5.73 Å². The van der Waals surface area contributed by atoms with Crippen LogP contribution in [-0.2, 0) is 0 Å². The Kier molecular flexibility index (Phi) is 5.48. The highest BCUT2D eigenvalue weighted by atomic mass is 32.1. The van der Waals surface area contributed by atoms with E-state index < -0.39 is 0 Å². The summed E-state index contributed by atoms with van der Waals surface area (Å²) < 4.78 is 0. The first kappa shape index (κ1) is 9.81. The van der Waals surface area contributed by atoms with E-state index in [1.807, 2.05) is 11.9 Å². The van der Waals surface area contributed by atoms with Crippen molar-refractivity contribution in [3.63, 3.8) is 0 Å². The van der Waals surface area contributed by atoms with Gasteiger partial charge in [-0.3, -0.25) is 4.90 Å². The van der Waals surface area contributed by atoms with Gasteiger partial charge in [-0.1, -0.05) is 12.2 Å². The van der Waals surface area contributed by atoms with Crippen molar-refractivity contribution < 1.29 is 5.11 Å². The van der Waals surface area contributed by atoms with Crippen molar-refractivity contribution in [1.29, 1.82) is 0 Å². The lowest BCUT2D eigenvalue weighted by molar-refractivity contribution is 0.258. The number of likely N-dealkylation sites (N-methyl/N-ethyl adjacent to an activating group) is 1. The second-order valence-corrected chi connectivity index (χ2v) is 2.81. The van der Waals surface area contributed by atoms with Crippen LogP contribution in [0.4, 0.5) is 0 Å². The lowest BCUT2D eigenvalue weighted by Gasteiger charge is -2.13. The molecule has 0 rings (SSSR count). The number of rotatable bonds is 5. The Hall–Kier alpha value is -0.190. The molecule has 0 aromatic carbocycles. The Morgan fingerprint density at radius 3 is 2.70 bits per heavy atom. The number of nitrogens with two attached hydrogens (primary N) is 1. The molecule has 0 amide bonds. The topological polar surface area (TPSA) is 49.5 Å². The zero-order valence-electron chi connectivity index (χ0n) is 6.21. The van der Waals surface area contributed by atoms with E-state index in [2.05, 4.69) is 0 Å². The van der Waals surface area contributed by atoms with Gasteiger partial charge in [0, 0.05) is 19.7 Å². The van der Waals surface area contributed by atoms with Gasteiger partial charge in [0.15, 0.2) is 0 Å². The molecule has 0 saturated carbocycles. The van der Waals surface area contributed by atoms with Gasteiger partial charge in [0.1, 0.15) is 0 Å². The lowest BCUT2D eigenvalue weighted by atomic mass is 10.4. The summed E-state index contributed by atoms with van der Waals surface area (Å²) in [7, 11) is 1.93. The number of thiocarbonyl (C=S) groups is 1. The fourth-order valence-corrected chi connectivity index (χ4v) is 0.906. The predicted molar refractivity (Wildman–Crippen MR) is 46.0 cm³/mol. The van der Waals surface area contributed by atoms with Crippen LogP contribution >= 0.6 is 12.2 Å². The second kappa shape index (κ2) is 5.58. The number of hydrogen-bond acceptors (Lipinski definition) is 3. The monoisotopic (exact) mass is 162 g/mol. The van der Waals surface area contributed by atoms with Gasteiger partial charge in [0.25, 0.3) is 0 Å². The van der Waals surface area contributed by atoms with E-state index in [1.165, 1.54) is 0 Å². The van der Waals surface area contributed by atoms with Crippen LogP contribution in [-0.4, -0.2) is 41.7 Å². The van der Waals surface area contributed by atoms with E-state index >= 15 is 0 Å². The van der Waals surface area contributed by atoms with Crippen molar-refractivity contribution in [2.75, 3.05) is 26.7 Å². The van der Waals surface area contributed by atoms with E-state index in [-0.39, 0.29) is 6.61 Å². The molecule has 0 spiro atoms. The molecule has 0 aliphatic rings. The fourth-order valence-electron chi connectivity index (χ4n) is 0.686. The summed E-state index contributed by atoms with van der Waals surface area (Å²) in [5.41, 5.74) is 5.29. The minimum Gasteiger partial charge on any atom is -0.396 e. The molecule has 60 valence electrons. The maximum absolute atomic E-state index is 8.46. The molecular weight excluding hydrogens is 148 g/mol. The summed E-state index contributed by atoms with van der Waals surface area (Å²) in [6.45, 7) is 1.70. The molecule has 0 aliphatic heterocycles. The lowest BCUT2D eigenvalue weighted by Crippen LogP contribution is -2.30. The Labute approximate surface area is 66.8 Å². The van der Waals surface area contributed by atoms with Gasteiger partial charge in [-0.2, -0.15) is 0 Å². The van der Waals surface area contributed by atoms with E-state index in [4.69, 9.17) is 23.1 Å². The molecule has 3 nitrogen and oxygen atoms in total. The Morgan fingerprint density at radius 2 is 2.30 bits per heavy atom. The summed E-state index contributed by atoms with van der Waals surface area (Å²) in [4.78, 5) is 2.49. The molecule has 0 aromatic heterocycles. The minimum absolute atomic E-state index is 0.224. The smallest absolute Gasteiger partial charge is 0.0869 e. The Bertz CT molecular complexity index is 108. The maximum atomic E-state index is 8.46. The van der Waals surface area contributed by atoms with Crippen LogP contribution in [0.5, 0.6) is 0 Å². The molecule has 0 saturated heterocycles. The molecule has 0 radical (unpaired) electrons. The zero-order valence-corrected chi connectivity index (χ0v) is 7.02. The van der Waals surface area contributed by atoms with Gasteiger partial charge in [-0.15, -0.1) is 0 Å². The largest absolute Gasteiger partial charge is 0.396 e. The third-order valence-corrected chi connectivity index (χ3v) is 1.25. The van der Waals surface area contributed by atoms with Gasteiger partial charge < -0.3 is 10.8 Å². The van der Waals surface area contributed by atoms with Crippen molar-refractivity contribution in [3.05, 3.63) is 0 Å². The minimum atomic E-state index is 0.224. The van der Waals surface area contributed by atoms with Crippen molar-refractivity contribution >= 4 is 17.2 Å². The van der Waals surface area contributed by atoms with Crippen LogP contribution in [0.15, 0.2) is 0 Å². The van der Waals surface area contributed by atoms with Gasteiger partial charge in [0.05, 0.1) is 4.99 Å². The van der Waals surface area contributed by atoms with Crippen LogP contribution in [0.25, 0.3) is 0 Å². The molecule has 0 heterocycles. The molecule has 3 N–H and O–H groups in total. The molecule has 4 heteroatoms. The summed E-state index contributed by atoms with van der Waals surface area (Å²) in [6.07, 6.45) is 0.777. The van der Waals surface area contributed by atoms with Crippen molar-refractivity contribution in [1.82, 2.24) is 4.90 Å². The molecular formula is C6H14N2OS. The van der Waals surface area contributed by atoms with Crippen LogP contribution in [0.3, 0.4) is 0 Å². The normalized spacial score (nSPS) is 10.3. The zero-order chi connectivity index (χ0) is 7.98. The maximum Gasteiger partial charge on any atom is 0.0869 e. The predicted octanol–water partition coefficient (Wildman–Crippen LogP) is -0.413. The molecule has 0 atom stereocenters. The summed E-state index contributed by atoms with van der Waals surface area (Å²) >= 11 is 4.70. The average Bonchev–Trinajstić information content (AvgIpc) is 1.82. The molecule has 0 fully saturated rings. The Balaban J connectivity index is 3.25. The summed E-state index contributed by atoms with van der Waals surface area (Å²) in [6, 6.07) is 0. The number of hydrogen-bond donors (Lipinski definition) is 2. The van der Waals surface area contributed by atoms with Crippen molar-refractivity contribution in [3.8, 4) is 0 Å². The summed E-state index contributed by atoms with van der Waals surface area (Å²) in [5, 5.41) is 8.46. The van der Waals surface area contributed by atoms with Crippen LogP contribution in [0.1, 0.15) is 6.42 Å². The first-order chi connectivity index (χ1) is 4.66. The molecule has 0 aromatic rings. The quantitative estimate of drug-likeness (QED) is 0.539. The number of aliphatic hydroxyl groups excluding tert-OH is 1. The average molecular weight is 162 g/mol. The third kappa shape index (κ3) is 5.94. The van der Waals surface area contributed by atoms with Gasteiger partial charge in [-0.25, -0.2) is 0 Å². The van der Waals surface area contributed by atoms with E-state index in [0.29, 0.717) is 11.5 Å². The molecule has 10 heavy (non-hydrogen) atoms. The van der Waals surface area contributed by atoms with E-state index in [1.54, 1.807) is 0 Å². The van der Waals surface area contributed by atoms with Crippen LogP contribution < -0.4 is 5.73 Å². The summed E-state index contributed by atoms with van der Waals surface area (Å²) in [5.74, 6) is 0. The SMILES string of the molecule is CN(CCCO)CC(N)=S. The van der Waals surface area contributed by atoms with E-state index in [9.17, 15) is 0 Å². The molecule has 0 aliphatic carbocycles. The molecule has 0 bridgehead atoms. The fraction of sp³-hybridized carbons (Fsp3) is 0.833. The third-order valence-electron chi connectivity index (χ3n) is 1.12. The Morgan fingerprint density at radius 1 is 1.70 bits per heavy atom. The standard InChI is InChI=1S/C6H14N2OS/c1-8(3-2-4-9)5-6(7)10/h9H,2-5H2,1H3,(H2,7,10). The number of aliphatic hydroxyl groups is 1. The highest BCUT2D eigenvalue weighted by molar-refractivity contribution is 7.80. The first-order valence-electron chi connectivity index (χ1n) is 3.24. The van der Waals surface area contributed by atoms with Gasteiger partial charge >= 0.3 is 0 Å². The molecule has 0 unspecified atom stereocenters. The van der Waals surface area contributed by atoms with Crippen LogP contribution in [0, 0.1) is 0 Å². The second-order valence-electron chi connectivity index (χ2n) is 2.28. The van der Waals surface area contributed by atoms with Crippen molar-refractivity contribution in [2.45, 2.75) is 6.42 Å². The highest BCUT2D eigenvalue weighted by Gasteiger charge is 1.97. The van der Waals surface area contributed by atoms with E-state index in [0.717, 1.165) is 13.0 Å².